The number of carbonyl (C=O) groups excluding carboxylic acids is 3. The van der Waals surface area contributed by atoms with Gasteiger partial charge in [-0.3, -0.25) is 9.59 Å². The molecule has 0 aromatic carbocycles. The second kappa shape index (κ2) is 15.2. The monoisotopic (exact) mass is 562 g/mol. The van der Waals surface area contributed by atoms with Crippen LogP contribution in [0.2, 0.25) is 0 Å². The van der Waals surface area contributed by atoms with Crippen molar-refractivity contribution < 1.29 is 38.1 Å². The number of hydrogen-bond donors (Lipinski definition) is 1. The number of methoxy groups -OCH3 is 1. The number of carbonyl (C=O) groups is 3. The Kier molecular flexibility index (Phi) is 12.0. The van der Waals surface area contributed by atoms with Gasteiger partial charge < -0.3 is 29.0 Å². The lowest BCUT2D eigenvalue weighted by atomic mass is 9.75. The average molecular weight is 563 g/mol. The molecule has 1 amide bonds. The van der Waals surface area contributed by atoms with Gasteiger partial charge in [-0.05, 0) is 31.1 Å². The molecule has 1 aromatic heterocycles. The van der Waals surface area contributed by atoms with Crippen LogP contribution in [0.4, 0.5) is 0 Å². The number of nitrogens with zero attached hydrogens (tertiary/aromatic N) is 1. The predicted molar refractivity (Wildman–Crippen MR) is 148 cm³/mol. The summed E-state index contributed by atoms with van der Waals surface area (Å²) in [6.45, 7) is 9.88. The molecule has 10 nitrogen and oxygen atoms in total. The van der Waals surface area contributed by atoms with Crippen molar-refractivity contribution >= 4 is 17.8 Å². The number of cyclic esters (lactones) is 1. The van der Waals surface area contributed by atoms with E-state index < -0.39 is 30.7 Å². The maximum atomic E-state index is 13.4. The Balaban J connectivity index is 1.75. The highest BCUT2D eigenvalue weighted by Gasteiger charge is 2.40. The molecule has 1 aliphatic heterocycles. The van der Waals surface area contributed by atoms with Crippen molar-refractivity contribution in [2.75, 3.05) is 27.1 Å². The van der Waals surface area contributed by atoms with Crippen LogP contribution in [-0.4, -0.2) is 62.1 Å². The van der Waals surface area contributed by atoms with Gasteiger partial charge in [-0.15, -0.1) is 0 Å². The number of nitrogens with one attached hydrogen (secondary N) is 1. The Morgan fingerprint density at radius 1 is 1.15 bits per heavy atom. The van der Waals surface area contributed by atoms with E-state index in [1.807, 2.05) is 6.92 Å². The third-order valence-electron chi connectivity index (χ3n) is 7.83. The van der Waals surface area contributed by atoms with Crippen molar-refractivity contribution in [1.82, 2.24) is 10.3 Å². The molecule has 1 saturated carbocycles. The van der Waals surface area contributed by atoms with Gasteiger partial charge in [0.05, 0.1) is 19.6 Å². The Morgan fingerprint density at radius 2 is 1.88 bits per heavy atom. The first-order chi connectivity index (χ1) is 19.1. The zero-order valence-corrected chi connectivity index (χ0v) is 24.8. The van der Waals surface area contributed by atoms with E-state index in [0.717, 1.165) is 25.7 Å². The summed E-state index contributed by atoms with van der Waals surface area (Å²) < 4.78 is 28.1. The summed E-state index contributed by atoms with van der Waals surface area (Å²) >= 11 is 0. The zero-order valence-electron chi connectivity index (χ0n) is 24.8. The van der Waals surface area contributed by atoms with Gasteiger partial charge in [0.1, 0.15) is 6.10 Å². The molecule has 10 heteroatoms. The van der Waals surface area contributed by atoms with Gasteiger partial charge in [-0.1, -0.05) is 59.8 Å². The molecule has 224 valence electrons. The molecule has 4 atom stereocenters. The Morgan fingerprint density at radius 3 is 2.52 bits per heavy atom. The standard InChI is InChI=1S/C30H46N2O8/c1-18(2)11-12-22-15-37-16-23(30(35)40-20(5)25(22)21-9-7-8-10-21)32-28(33)26-27(24(36-6)13-14-31-26)38-17-39-29(34)19(3)4/h13-14,18-23,25H,7-12,15-17H2,1-6H3,(H,32,33)/t20-,22-,23-,25+/m0/s1. The quantitative estimate of drug-likeness (QED) is 0.306. The first-order valence-corrected chi connectivity index (χ1v) is 14.5. The lowest BCUT2D eigenvalue weighted by Crippen LogP contribution is -2.46. The molecule has 1 N–H and O–H groups in total. The van der Waals surface area contributed by atoms with Crippen LogP contribution >= 0.6 is 0 Å². The Bertz CT molecular complexity index is 992. The summed E-state index contributed by atoms with van der Waals surface area (Å²) in [6, 6.07) is 0.498. The topological polar surface area (TPSA) is 122 Å². The molecular formula is C30H46N2O8. The molecule has 0 unspecified atom stereocenters. The minimum atomic E-state index is -1.03. The Hall–Kier alpha value is -2.88. The molecule has 0 bridgehead atoms. The predicted octanol–water partition coefficient (Wildman–Crippen LogP) is 4.54. The van der Waals surface area contributed by atoms with Gasteiger partial charge in [0.15, 0.2) is 23.2 Å². The lowest BCUT2D eigenvalue weighted by Gasteiger charge is -2.35. The first-order valence-electron chi connectivity index (χ1n) is 14.5. The summed E-state index contributed by atoms with van der Waals surface area (Å²) in [6.07, 6.45) is 7.87. The SMILES string of the molecule is COc1ccnc(C(=O)N[C@H]2COC[C@H](CCC(C)C)[C@@H](C3CCCC3)[C@H](C)OC2=O)c1OCOC(=O)C(C)C. The number of ether oxygens (including phenoxy) is 5. The van der Waals surface area contributed by atoms with E-state index in [9.17, 15) is 14.4 Å². The largest absolute Gasteiger partial charge is 0.493 e. The summed E-state index contributed by atoms with van der Waals surface area (Å²) in [7, 11) is 1.42. The van der Waals surface area contributed by atoms with E-state index in [1.54, 1.807) is 13.8 Å². The van der Waals surface area contributed by atoms with E-state index in [2.05, 4.69) is 24.1 Å². The first kappa shape index (κ1) is 31.6. The third-order valence-corrected chi connectivity index (χ3v) is 7.83. The fourth-order valence-corrected chi connectivity index (χ4v) is 5.71. The van der Waals surface area contributed by atoms with E-state index >= 15 is 0 Å². The van der Waals surface area contributed by atoms with Gasteiger partial charge in [0, 0.05) is 24.8 Å². The highest BCUT2D eigenvalue weighted by atomic mass is 16.7. The number of pyridine rings is 1. The van der Waals surface area contributed by atoms with Crippen molar-refractivity contribution in [3.05, 3.63) is 18.0 Å². The van der Waals surface area contributed by atoms with E-state index in [4.69, 9.17) is 23.7 Å². The molecule has 2 aliphatic rings. The van der Waals surface area contributed by atoms with E-state index in [0.29, 0.717) is 18.4 Å². The molecule has 1 aliphatic carbocycles. The lowest BCUT2D eigenvalue weighted by molar-refractivity contribution is -0.155. The minimum Gasteiger partial charge on any atom is -0.493 e. The van der Waals surface area contributed by atoms with Crippen LogP contribution in [0.5, 0.6) is 11.5 Å². The molecule has 2 fully saturated rings. The fraction of sp³-hybridized carbons (Fsp3) is 0.733. The number of esters is 2. The Labute approximate surface area is 237 Å². The molecule has 0 radical (unpaired) electrons. The number of aromatic nitrogens is 1. The van der Waals surface area contributed by atoms with Crippen LogP contribution in [0.25, 0.3) is 0 Å². The summed E-state index contributed by atoms with van der Waals surface area (Å²) in [5.41, 5.74) is -0.112. The molecule has 0 spiro atoms. The van der Waals surface area contributed by atoms with Crippen molar-refractivity contribution in [2.24, 2.45) is 29.6 Å². The smallest absolute Gasteiger partial charge is 0.331 e. The van der Waals surface area contributed by atoms with Gasteiger partial charge in [0.2, 0.25) is 6.79 Å². The minimum absolute atomic E-state index is 0.000164. The van der Waals surface area contributed by atoms with Crippen LogP contribution in [-0.2, 0) is 23.8 Å². The van der Waals surface area contributed by atoms with Gasteiger partial charge in [-0.25, -0.2) is 9.78 Å². The number of rotatable bonds is 11. The number of amides is 1. The molecule has 40 heavy (non-hydrogen) atoms. The normalized spacial score (nSPS) is 24.1. The van der Waals surface area contributed by atoms with Crippen LogP contribution in [0.1, 0.15) is 83.6 Å². The summed E-state index contributed by atoms with van der Waals surface area (Å²) in [5, 5.41) is 2.72. The van der Waals surface area contributed by atoms with Gasteiger partial charge in [0.25, 0.3) is 5.91 Å². The van der Waals surface area contributed by atoms with E-state index in [1.165, 1.54) is 32.2 Å². The maximum absolute atomic E-state index is 13.4. The van der Waals surface area contributed by atoms with Crippen LogP contribution in [0.15, 0.2) is 12.3 Å². The number of hydrogen-bond acceptors (Lipinski definition) is 9. The van der Waals surface area contributed by atoms with Crippen molar-refractivity contribution in [1.29, 1.82) is 0 Å². The summed E-state index contributed by atoms with van der Waals surface area (Å²) in [5.74, 6) is -0.190. The third kappa shape index (κ3) is 8.56. The van der Waals surface area contributed by atoms with Crippen LogP contribution in [0, 0.1) is 29.6 Å². The highest BCUT2D eigenvalue weighted by Crippen LogP contribution is 2.41. The summed E-state index contributed by atoms with van der Waals surface area (Å²) in [4.78, 5) is 42.6. The van der Waals surface area contributed by atoms with Gasteiger partial charge in [-0.2, -0.15) is 0 Å². The van der Waals surface area contributed by atoms with Crippen LogP contribution in [0.3, 0.4) is 0 Å². The highest BCUT2D eigenvalue weighted by molar-refractivity contribution is 5.98. The zero-order chi connectivity index (χ0) is 29.2. The molecule has 1 saturated heterocycles. The molecule has 3 rings (SSSR count). The molecule has 1 aromatic rings. The van der Waals surface area contributed by atoms with E-state index in [-0.39, 0.29) is 47.7 Å². The average Bonchev–Trinajstić information content (AvgIpc) is 3.45. The van der Waals surface area contributed by atoms with Crippen molar-refractivity contribution in [3.63, 3.8) is 0 Å². The van der Waals surface area contributed by atoms with Crippen LogP contribution < -0.4 is 14.8 Å². The van der Waals surface area contributed by atoms with Crippen molar-refractivity contribution in [3.8, 4) is 11.5 Å². The van der Waals surface area contributed by atoms with Gasteiger partial charge >= 0.3 is 11.9 Å². The maximum Gasteiger partial charge on any atom is 0.331 e. The second-order valence-corrected chi connectivity index (χ2v) is 11.6. The molecule has 2 heterocycles. The fourth-order valence-electron chi connectivity index (χ4n) is 5.71. The second-order valence-electron chi connectivity index (χ2n) is 11.6. The molecular weight excluding hydrogens is 516 g/mol. The van der Waals surface area contributed by atoms with Crippen molar-refractivity contribution in [2.45, 2.75) is 85.3 Å².